The first-order valence-corrected chi connectivity index (χ1v) is 10.3. The number of esters is 1. The van der Waals surface area contributed by atoms with E-state index in [1.807, 2.05) is 13.0 Å². The number of benzene rings is 2. The van der Waals surface area contributed by atoms with Crippen molar-refractivity contribution in [2.75, 3.05) is 6.61 Å². The van der Waals surface area contributed by atoms with E-state index in [4.69, 9.17) is 9.47 Å². The van der Waals surface area contributed by atoms with Crippen LogP contribution in [-0.2, 0) is 0 Å². The van der Waals surface area contributed by atoms with Gasteiger partial charge in [0.2, 0.25) is 0 Å². The molecule has 1 aliphatic rings. The molecule has 1 saturated carbocycles. The second kappa shape index (κ2) is 9.72. The van der Waals surface area contributed by atoms with Crippen molar-refractivity contribution < 1.29 is 18.7 Å². The van der Waals surface area contributed by atoms with Crippen molar-refractivity contribution in [2.45, 2.75) is 58.3 Å². The van der Waals surface area contributed by atoms with Crippen LogP contribution in [0.15, 0.2) is 42.5 Å². The van der Waals surface area contributed by atoms with Crippen LogP contribution in [0, 0.1) is 11.7 Å². The molecular formula is C24H29FO3. The average molecular weight is 384 g/mol. The van der Waals surface area contributed by atoms with Crippen molar-refractivity contribution in [1.29, 1.82) is 0 Å². The molecule has 0 amide bonds. The molecule has 1 aliphatic carbocycles. The zero-order valence-corrected chi connectivity index (χ0v) is 16.7. The Kier molecular flexibility index (Phi) is 7.07. The van der Waals surface area contributed by atoms with Crippen LogP contribution in [0.25, 0.3) is 0 Å². The highest BCUT2D eigenvalue weighted by Crippen LogP contribution is 2.37. The van der Waals surface area contributed by atoms with E-state index in [-0.39, 0.29) is 5.56 Å². The van der Waals surface area contributed by atoms with Crippen LogP contribution in [0.4, 0.5) is 4.39 Å². The van der Waals surface area contributed by atoms with Crippen LogP contribution >= 0.6 is 0 Å². The summed E-state index contributed by atoms with van der Waals surface area (Å²) in [5, 5.41) is 0. The molecule has 0 atom stereocenters. The van der Waals surface area contributed by atoms with Crippen molar-refractivity contribution in [1.82, 2.24) is 0 Å². The lowest BCUT2D eigenvalue weighted by Gasteiger charge is -2.28. The van der Waals surface area contributed by atoms with Crippen LogP contribution in [0.2, 0.25) is 0 Å². The summed E-state index contributed by atoms with van der Waals surface area (Å²) >= 11 is 0. The summed E-state index contributed by atoms with van der Waals surface area (Å²) in [4.78, 5) is 12.4. The van der Waals surface area contributed by atoms with Gasteiger partial charge in [-0.3, -0.25) is 0 Å². The van der Waals surface area contributed by atoms with Crippen molar-refractivity contribution in [3.8, 4) is 11.5 Å². The summed E-state index contributed by atoms with van der Waals surface area (Å²) in [5.74, 6) is 1.08. The Bertz CT molecular complexity index is 777. The van der Waals surface area contributed by atoms with Gasteiger partial charge in [0.15, 0.2) is 0 Å². The molecule has 0 radical (unpaired) electrons. The van der Waals surface area contributed by atoms with E-state index in [0.717, 1.165) is 36.5 Å². The summed E-state index contributed by atoms with van der Waals surface area (Å²) in [5.41, 5.74) is 0.957. The Morgan fingerprint density at radius 3 is 2.29 bits per heavy atom. The second-order valence-corrected chi connectivity index (χ2v) is 7.57. The fourth-order valence-corrected chi connectivity index (χ4v) is 3.84. The van der Waals surface area contributed by atoms with E-state index in [0.29, 0.717) is 18.3 Å². The van der Waals surface area contributed by atoms with Crippen LogP contribution in [0.3, 0.4) is 0 Å². The molecule has 2 aromatic carbocycles. The Labute approximate surface area is 166 Å². The van der Waals surface area contributed by atoms with Crippen LogP contribution in [-0.4, -0.2) is 12.6 Å². The minimum Gasteiger partial charge on any atom is -0.494 e. The predicted octanol–water partition coefficient (Wildman–Crippen LogP) is 6.52. The lowest BCUT2D eigenvalue weighted by atomic mass is 9.78. The van der Waals surface area contributed by atoms with Gasteiger partial charge < -0.3 is 9.47 Å². The highest BCUT2D eigenvalue weighted by molar-refractivity contribution is 5.91. The maximum atomic E-state index is 14.6. The third kappa shape index (κ3) is 5.12. The topological polar surface area (TPSA) is 35.5 Å². The van der Waals surface area contributed by atoms with Gasteiger partial charge in [-0.15, -0.1) is 0 Å². The number of hydrogen-bond acceptors (Lipinski definition) is 3. The van der Waals surface area contributed by atoms with E-state index in [9.17, 15) is 9.18 Å². The smallest absolute Gasteiger partial charge is 0.346 e. The molecule has 0 bridgehead atoms. The first-order chi connectivity index (χ1) is 13.6. The zero-order chi connectivity index (χ0) is 19.9. The van der Waals surface area contributed by atoms with Gasteiger partial charge in [-0.05, 0) is 85.9 Å². The van der Waals surface area contributed by atoms with Crippen molar-refractivity contribution in [3.63, 3.8) is 0 Å². The van der Waals surface area contributed by atoms with Gasteiger partial charge >= 0.3 is 5.97 Å². The quantitative estimate of drug-likeness (QED) is 0.403. The maximum Gasteiger partial charge on any atom is 0.346 e. The number of halogens is 1. The fraction of sp³-hybridized carbons (Fsp3) is 0.458. The Morgan fingerprint density at radius 1 is 1.00 bits per heavy atom. The molecule has 0 saturated heterocycles. The number of carbonyl (C=O) groups is 1. The SMILES string of the molecule is CCCOc1ccc(OC(=O)c2ccc([C@H]3CC[C@H](CC)CC3)cc2F)cc1. The molecule has 28 heavy (non-hydrogen) atoms. The predicted molar refractivity (Wildman–Crippen MR) is 109 cm³/mol. The summed E-state index contributed by atoms with van der Waals surface area (Å²) in [6.45, 7) is 4.90. The van der Waals surface area contributed by atoms with E-state index >= 15 is 0 Å². The minimum absolute atomic E-state index is 0.0303. The summed E-state index contributed by atoms with van der Waals surface area (Å²) < 4.78 is 25.4. The normalized spacial score (nSPS) is 19.2. The van der Waals surface area contributed by atoms with Gasteiger partial charge in [-0.25, -0.2) is 9.18 Å². The monoisotopic (exact) mass is 384 g/mol. The second-order valence-electron chi connectivity index (χ2n) is 7.57. The highest BCUT2D eigenvalue weighted by atomic mass is 19.1. The Morgan fingerprint density at radius 2 is 1.68 bits per heavy atom. The summed E-state index contributed by atoms with van der Waals surface area (Å²) in [7, 11) is 0. The average Bonchev–Trinajstić information content (AvgIpc) is 2.73. The third-order valence-corrected chi connectivity index (χ3v) is 5.62. The van der Waals surface area contributed by atoms with Gasteiger partial charge in [-0.1, -0.05) is 26.3 Å². The molecular weight excluding hydrogens is 355 g/mol. The molecule has 1 fully saturated rings. The minimum atomic E-state index is -0.680. The molecule has 0 N–H and O–H groups in total. The van der Waals surface area contributed by atoms with E-state index < -0.39 is 11.8 Å². The Balaban J connectivity index is 1.62. The molecule has 0 unspecified atom stereocenters. The van der Waals surface area contributed by atoms with Gasteiger partial charge in [0.1, 0.15) is 17.3 Å². The number of hydrogen-bond donors (Lipinski definition) is 0. The van der Waals surface area contributed by atoms with Crippen molar-refractivity contribution in [2.24, 2.45) is 5.92 Å². The first-order valence-electron chi connectivity index (χ1n) is 10.3. The van der Waals surface area contributed by atoms with Gasteiger partial charge in [0.05, 0.1) is 12.2 Å². The Hall–Kier alpha value is -2.36. The van der Waals surface area contributed by atoms with E-state index in [1.165, 1.54) is 25.3 Å². The van der Waals surface area contributed by atoms with Gasteiger partial charge in [0.25, 0.3) is 0 Å². The third-order valence-electron chi connectivity index (χ3n) is 5.62. The van der Waals surface area contributed by atoms with Crippen molar-refractivity contribution in [3.05, 3.63) is 59.4 Å². The largest absolute Gasteiger partial charge is 0.494 e. The molecule has 0 aromatic heterocycles. The molecule has 150 valence electrons. The molecule has 0 spiro atoms. The standard InChI is InChI=1S/C24H29FO3/c1-3-15-27-20-10-12-21(13-11-20)28-24(26)22-14-9-19(16-23(22)25)18-7-5-17(4-2)6-8-18/h9-14,16-18H,3-8,15H2,1-2H3/t17-,18-. The zero-order valence-electron chi connectivity index (χ0n) is 16.7. The van der Waals surface area contributed by atoms with Crippen LogP contribution < -0.4 is 9.47 Å². The number of rotatable bonds is 7. The van der Waals surface area contributed by atoms with Gasteiger partial charge in [0, 0.05) is 0 Å². The molecule has 3 nitrogen and oxygen atoms in total. The van der Waals surface area contributed by atoms with Crippen LogP contribution in [0.1, 0.15) is 74.2 Å². The lowest BCUT2D eigenvalue weighted by Crippen LogP contribution is -2.14. The van der Waals surface area contributed by atoms with E-state index in [1.54, 1.807) is 30.3 Å². The molecule has 0 heterocycles. The molecule has 2 aromatic rings. The summed E-state index contributed by atoms with van der Waals surface area (Å²) in [6.07, 6.45) is 6.72. The number of carbonyl (C=O) groups excluding carboxylic acids is 1. The first kappa shape index (κ1) is 20.4. The molecule has 4 heteroatoms. The number of ether oxygens (including phenoxy) is 2. The lowest BCUT2D eigenvalue weighted by molar-refractivity contribution is 0.0729. The van der Waals surface area contributed by atoms with Crippen molar-refractivity contribution >= 4 is 5.97 Å². The van der Waals surface area contributed by atoms with Gasteiger partial charge in [-0.2, -0.15) is 0 Å². The fourth-order valence-electron chi connectivity index (χ4n) is 3.84. The molecule has 0 aliphatic heterocycles. The van der Waals surface area contributed by atoms with E-state index in [2.05, 4.69) is 6.92 Å². The highest BCUT2D eigenvalue weighted by Gasteiger charge is 2.23. The maximum absolute atomic E-state index is 14.6. The summed E-state index contributed by atoms with van der Waals surface area (Å²) in [6, 6.07) is 11.7. The van der Waals surface area contributed by atoms with Crippen LogP contribution in [0.5, 0.6) is 11.5 Å². The molecule has 3 rings (SSSR count).